The molecule has 102 valence electrons. The molecule has 0 fully saturated rings. The normalized spacial score (nSPS) is 11.6. The van der Waals surface area contributed by atoms with Crippen LogP contribution in [-0.4, -0.2) is 15.7 Å². The number of hydrogen-bond acceptors (Lipinski definition) is 5. The summed E-state index contributed by atoms with van der Waals surface area (Å²) in [7, 11) is 0. The summed E-state index contributed by atoms with van der Waals surface area (Å²) in [6, 6.07) is 8.15. The first kappa shape index (κ1) is 14.2. The van der Waals surface area contributed by atoms with Crippen molar-refractivity contribution in [2.24, 2.45) is 0 Å². The van der Waals surface area contributed by atoms with Gasteiger partial charge in [-0.05, 0) is 39.0 Å². The number of halogens is 1. The first-order chi connectivity index (χ1) is 8.92. The molecule has 1 heterocycles. The van der Waals surface area contributed by atoms with Crippen molar-refractivity contribution < 1.29 is 4.52 Å². The van der Waals surface area contributed by atoms with Crippen molar-refractivity contribution in [3.05, 3.63) is 35.1 Å². The van der Waals surface area contributed by atoms with Crippen LogP contribution in [0.1, 0.15) is 26.6 Å². The molecule has 0 saturated carbocycles. The number of rotatable bonds is 4. The van der Waals surface area contributed by atoms with E-state index >= 15 is 0 Å². The lowest BCUT2D eigenvalue weighted by atomic mass is 10.1. The standard InChI is InChI=1S/C13H16ClN3OS/c1-13(2,3)16-12-15-11(17-18-12)8-19-10-6-4-5-9(14)7-10/h4-7H,8H2,1-3H3,(H,15,16,17). The Kier molecular flexibility index (Phi) is 4.37. The van der Waals surface area contributed by atoms with Gasteiger partial charge in [0.15, 0.2) is 5.82 Å². The van der Waals surface area contributed by atoms with Crippen molar-refractivity contribution in [1.29, 1.82) is 0 Å². The molecule has 0 aliphatic carbocycles. The van der Waals surface area contributed by atoms with Gasteiger partial charge in [-0.15, -0.1) is 11.8 Å². The van der Waals surface area contributed by atoms with Crippen molar-refractivity contribution >= 4 is 29.4 Å². The van der Waals surface area contributed by atoms with E-state index < -0.39 is 0 Å². The Morgan fingerprint density at radius 3 is 2.84 bits per heavy atom. The topological polar surface area (TPSA) is 51.0 Å². The fraction of sp³-hybridized carbons (Fsp3) is 0.385. The highest BCUT2D eigenvalue weighted by Crippen LogP contribution is 2.24. The zero-order valence-electron chi connectivity index (χ0n) is 11.1. The van der Waals surface area contributed by atoms with Crippen molar-refractivity contribution in [3.63, 3.8) is 0 Å². The van der Waals surface area contributed by atoms with Gasteiger partial charge in [0.2, 0.25) is 0 Å². The van der Waals surface area contributed by atoms with Crippen LogP contribution < -0.4 is 5.32 Å². The third-order valence-corrected chi connectivity index (χ3v) is 3.34. The number of thioether (sulfide) groups is 1. The van der Waals surface area contributed by atoms with Crippen LogP contribution in [0.5, 0.6) is 0 Å². The van der Waals surface area contributed by atoms with Crippen LogP contribution in [0, 0.1) is 0 Å². The molecular weight excluding hydrogens is 282 g/mol. The fourth-order valence-electron chi connectivity index (χ4n) is 1.39. The summed E-state index contributed by atoms with van der Waals surface area (Å²) >= 11 is 7.55. The second-order valence-electron chi connectivity index (χ2n) is 5.14. The van der Waals surface area contributed by atoms with Crippen LogP contribution in [-0.2, 0) is 5.75 Å². The lowest BCUT2D eigenvalue weighted by molar-refractivity contribution is 0.414. The molecule has 0 spiro atoms. The van der Waals surface area contributed by atoms with Gasteiger partial charge >= 0.3 is 6.01 Å². The van der Waals surface area contributed by atoms with Gasteiger partial charge in [0.05, 0.1) is 5.75 Å². The monoisotopic (exact) mass is 297 g/mol. The van der Waals surface area contributed by atoms with E-state index in [1.807, 2.05) is 45.0 Å². The summed E-state index contributed by atoms with van der Waals surface area (Å²) in [5, 5.41) is 7.80. The van der Waals surface area contributed by atoms with E-state index in [1.54, 1.807) is 11.8 Å². The molecule has 1 aromatic carbocycles. The zero-order chi connectivity index (χ0) is 13.9. The molecule has 2 aromatic rings. The molecule has 0 aliphatic heterocycles. The van der Waals surface area contributed by atoms with Gasteiger partial charge in [0, 0.05) is 15.5 Å². The van der Waals surface area contributed by atoms with Gasteiger partial charge < -0.3 is 9.84 Å². The minimum Gasteiger partial charge on any atom is -0.333 e. The summed E-state index contributed by atoms with van der Waals surface area (Å²) in [5.74, 6) is 1.31. The highest BCUT2D eigenvalue weighted by molar-refractivity contribution is 7.98. The highest BCUT2D eigenvalue weighted by atomic mass is 35.5. The predicted molar refractivity (Wildman–Crippen MR) is 78.7 cm³/mol. The Labute approximate surface area is 121 Å². The molecule has 0 saturated heterocycles. The molecular formula is C13H16ClN3OS. The molecule has 2 rings (SSSR count). The summed E-state index contributed by atoms with van der Waals surface area (Å²) in [4.78, 5) is 5.38. The predicted octanol–water partition coefficient (Wildman–Crippen LogP) is 4.23. The summed E-state index contributed by atoms with van der Waals surface area (Å²) in [5.41, 5.74) is -0.0934. The van der Waals surface area contributed by atoms with Crippen LogP contribution in [0.15, 0.2) is 33.7 Å². The van der Waals surface area contributed by atoms with Crippen molar-refractivity contribution in [1.82, 2.24) is 10.1 Å². The highest BCUT2D eigenvalue weighted by Gasteiger charge is 2.14. The average Bonchev–Trinajstić information content (AvgIpc) is 2.72. The average molecular weight is 298 g/mol. The van der Waals surface area contributed by atoms with E-state index in [-0.39, 0.29) is 5.54 Å². The Bertz CT molecular complexity index is 551. The minimum atomic E-state index is -0.0934. The van der Waals surface area contributed by atoms with Crippen LogP contribution >= 0.6 is 23.4 Å². The van der Waals surface area contributed by atoms with Crippen LogP contribution in [0.4, 0.5) is 6.01 Å². The van der Waals surface area contributed by atoms with E-state index in [1.165, 1.54) is 0 Å². The fourth-order valence-corrected chi connectivity index (χ4v) is 2.44. The largest absolute Gasteiger partial charge is 0.333 e. The quantitative estimate of drug-likeness (QED) is 0.856. The van der Waals surface area contributed by atoms with Crippen LogP contribution in [0.25, 0.3) is 0 Å². The molecule has 0 aliphatic rings. The maximum Gasteiger partial charge on any atom is 0.321 e. The maximum absolute atomic E-state index is 5.93. The van der Waals surface area contributed by atoms with Gasteiger partial charge in [0.25, 0.3) is 0 Å². The van der Waals surface area contributed by atoms with Gasteiger partial charge in [-0.25, -0.2) is 0 Å². The lowest BCUT2D eigenvalue weighted by Crippen LogP contribution is -2.26. The Morgan fingerprint density at radius 1 is 1.37 bits per heavy atom. The van der Waals surface area contributed by atoms with Gasteiger partial charge in [0.1, 0.15) is 0 Å². The Hall–Kier alpha value is -1.20. The number of nitrogens with zero attached hydrogens (tertiary/aromatic N) is 2. The Balaban J connectivity index is 1.93. The SMILES string of the molecule is CC(C)(C)Nc1nc(CSc2cccc(Cl)c2)no1. The van der Waals surface area contributed by atoms with Crippen LogP contribution in [0.3, 0.4) is 0 Å². The van der Waals surface area contributed by atoms with Crippen LogP contribution in [0.2, 0.25) is 5.02 Å². The van der Waals surface area contributed by atoms with E-state index in [0.717, 1.165) is 9.92 Å². The molecule has 0 unspecified atom stereocenters. The first-order valence-electron chi connectivity index (χ1n) is 5.91. The summed E-state index contributed by atoms with van der Waals surface area (Å²) < 4.78 is 5.14. The molecule has 19 heavy (non-hydrogen) atoms. The molecule has 0 radical (unpaired) electrons. The van der Waals surface area contributed by atoms with E-state index in [0.29, 0.717) is 17.6 Å². The molecule has 0 amide bonds. The number of nitrogens with one attached hydrogen (secondary N) is 1. The number of hydrogen-bond donors (Lipinski definition) is 1. The third-order valence-electron chi connectivity index (χ3n) is 2.11. The molecule has 1 aromatic heterocycles. The molecule has 6 heteroatoms. The smallest absolute Gasteiger partial charge is 0.321 e. The van der Waals surface area contributed by atoms with E-state index in [9.17, 15) is 0 Å². The zero-order valence-corrected chi connectivity index (χ0v) is 12.7. The van der Waals surface area contributed by atoms with Gasteiger partial charge in [-0.1, -0.05) is 22.8 Å². The third kappa shape index (κ3) is 4.76. The van der Waals surface area contributed by atoms with E-state index in [2.05, 4.69) is 15.5 Å². The number of anilines is 1. The second kappa shape index (κ2) is 5.84. The van der Waals surface area contributed by atoms with Gasteiger partial charge in [-0.2, -0.15) is 4.98 Å². The summed E-state index contributed by atoms with van der Waals surface area (Å²) in [6.45, 7) is 6.12. The minimum absolute atomic E-state index is 0.0934. The Morgan fingerprint density at radius 2 is 2.16 bits per heavy atom. The van der Waals surface area contributed by atoms with Crippen molar-refractivity contribution in [2.75, 3.05) is 5.32 Å². The second-order valence-corrected chi connectivity index (χ2v) is 6.62. The lowest BCUT2D eigenvalue weighted by Gasteiger charge is -2.17. The molecule has 0 atom stereocenters. The van der Waals surface area contributed by atoms with E-state index in [4.69, 9.17) is 16.1 Å². The van der Waals surface area contributed by atoms with Crippen molar-refractivity contribution in [3.8, 4) is 0 Å². The summed E-state index contributed by atoms with van der Waals surface area (Å²) in [6.07, 6.45) is 0. The maximum atomic E-state index is 5.93. The first-order valence-corrected chi connectivity index (χ1v) is 7.28. The molecule has 4 nitrogen and oxygen atoms in total. The molecule has 0 bridgehead atoms. The number of benzene rings is 1. The molecule has 1 N–H and O–H groups in total. The number of aromatic nitrogens is 2. The van der Waals surface area contributed by atoms with Crippen molar-refractivity contribution in [2.45, 2.75) is 37.0 Å². The van der Waals surface area contributed by atoms with Gasteiger partial charge in [-0.3, -0.25) is 0 Å².